The molecule has 2 N–H and O–H groups in total. The zero-order chi connectivity index (χ0) is 17.4. The molecule has 0 aromatic heterocycles. The molecule has 1 aliphatic rings. The van der Waals surface area contributed by atoms with Gasteiger partial charge in [-0.25, -0.2) is 0 Å². The summed E-state index contributed by atoms with van der Waals surface area (Å²) in [6, 6.07) is 5.86. The van der Waals surface area contributed by atoms with Gasteiger partial charge in [0.25, 0.3) is 0 Å². The molecule has 2 unspecified atom stereocenters. The molecule has 5 heteroatoms. The summed E-state index contributed by atoms with van der Waals surface area (Å²) in [5.41, 5.74) is 1.12. The van der Waals surface area contributed by atoms with Crippen molar-refractivity contribution < 1.29 is 14.3 Å². The molecule has 1 aromatic rings. The van der Waals surface area contributed by atoms with E-state index in [1.54, 1.807) is 14.2 Å². The molecule has 2 atom stereocenters. The lowest BCUT2D eigenvalue weighted by Crippen LogP contribution is -2.36. The van der Waals surface area contributed by atoms with E-state index in [2.05, 4.69) is 17.6 Å². The Morgan fingerprint density at radius 3 is 2.79 bits per heavy atom. The van der Waals surface area contributed by atoms with E-state index in [0.29, 0.717) is 24.8 Å². The summed E-state index contributed by atoms with van der Waals surface area (Å²) in [6.07, 6.45) is 3.84. The Hall–Kier alpha value is -1.75. The van der Waals surface area contributed by atoms with E-state index in [1.165, 1.54) is 12.8 Å². The zero-order valence-electron chi connectivity index (χ0n) is 15.1. The van der Waals surface area contributed by atoms with Gasteiger partial charge in [0.05, 0.1) is 14.2 Å². The third kappa shape index (κ3) is 5.41. The number of rotatable bonds is 8. The minimum atomic E-state index is 0.147. The number of nitrogens with one attached hydrogen (secondary N) is 2. The van der Waals surface area contributed by atoms with Crippen LogP contribution in [-0.2, 0) is 11.2 Å². The van der Waals surface area contributed by atoms with Crippen LogP contribution in [0.4, 0.5) is 0 Å². The molecule has 2 rings (SSSR count). The van der Waals surface area contributed by atoms with Gasteiger partial charge in [-0.15, -0.1) is 0 Å². The Balaban J connectivity index is 1.74. The van der Waals surface area contributed by atoms with Gasteiger partial charge in [0.1, 0.15) is 0 Å². The number of amides is 1. The number of carbonyl (C=O) groups is 1. The summed E-state index contributed by atoms with van der Waals surface area (Å²) >= 11 is 0. The Labute approximate surface area is 145 Å². The molecule has 5 nitrogen and oxygen atoms in total. The van der Waals surface area contributed by atoms with Gasteiger partial charge in [0.2, 0.25) is 5.91 Å². The predicted molar refractivity (Wildman–Crippen MR) is 95.6 cm³/mol. The Bertz CT molecular complexity index is 527. The molecule has 1 aromatic carbocycles. The molecule has 0 bridgehead atoms. The minimum absolute atomic E-state index is 0.147. The first kappa shape index (κ1) is 18.6. The summed E-state index contributed by atoms with van der Waals surface area (Å²) in [5.74, 6) is 2.64. The van der Waals surface area contributed by atoms with Gasteiger partial charge in [-0.05, 0) is 61.9 Å². The number of methoxy groups -OCH3 is 2. The van der Waals surface area contributed by atoms with Gasteiger partial charge in [-0.3, -0.25) is 4.79 Å². The van der Waals surface area contributed by atoms with E-state index >= 15 is 0 Å². The van der Waals surface area contributed by atoms with Gasteiger partial charge in [-0.1, -0.05) is 13.0 Å². The highest BCUT2D eigenvalue weighted by atomic mass is 16.5. The van der Waals surface area contributed by atoms with E-state index in [0.717, 1.165) is 36.6 Å². The second kappa shape index (κ2) is 9.52. The van der Waals surface area contributed by atoms with Gasteiger partial charge in [0.15, 0.2) is 11.5 Å². The topological polar surface area (TPSA) is 59.6 Å². The Morgan fingerprint density at radius 1 is 1.33 bits per heavy atom. The van der Waals surface area contributed by atoms with Gasteiger partial charge >= 0.3 is 0 Å². The summed E-state index contributed by atoms with van der Waals surface area (Å²) in [5, 5.41) is 6.46. The molecule has 0 saturated carbocycles. The fourth-order valence-corrected chi connectivity index (χ4v) is 3.28. The summed E-state index contributed by atoms with van der Waals surface area (Å²) in [7, 11) is 3.26. The molecule has 0 spiro atoms. The maximum atomic E-state index is 12.1. The highest BCUT2D eigenvalue weighted by Crippen LogP contribution is 2.27. The van der Waals surface area contributed by atoms with E-state index in [9.17, 15) is 4.79 Å². The molecular weight excluding hydrogens is 304 g/mol. The van der Waals surface area contributed by atoms with Gasteiger partial charge < -0.3 is 20.1 Å². The van der Waals surface area contributed by atoms with Crippen LogP contribution in [-0.4, -0.2) is 39.8 Å². The highest BCUT2D eigenvalue weighted by molar-refractivity contribution is 5.76. The molecule has 1 aliphatic heterocycles. The monoisotopic (exact) mass is 334 g/mol. The van der Waals surface area contributed by atoms with Crippen molar-refractivity contribution in [2.24, 2.45) is 11.8 Å². The first-order chi connectivity index (χ1) is 11.6. The van der Waals surface area contributed by atoms with Crippen molar-refractivity contribution in [3.05, 3.63) is 23.8 Å². The zero-order valence-corrected chi connectivity index (χ0v) is 15.1. The predicted octanol–water partition coefficient (Wildman–Crippen LogP) is 2.39. The smallest absolute Gasteiger partial charge is 0.220 e. The van der Waals surface area contributed by atoms with Crippen LogP contribution >= 0.6 is 0 Å². The maximum Gasteiger partial charge on any atom is 0.220 e. The summed E-state index contributed by atoms with van der Waals surface area (Å²) in [4.78, 5) is 12.1. The van der Waals surface area contributed by atoms with Crippen LogP contribution in [0.15, 0.2) is 18.2 Å². The van der Waals surface area contributed by atoms with Crippen LogP contribution in [0.25, 0.3) is 0 Å². The molecular formula is C19H30N2O3. The van der Waals surface area contributed by atoms with Crippen molar-refractivity contribution in [3.8, 4) is 11.5 Å². The SMILES string of the molecule is COc1ccc(CCNC(=O)CC(C)C2CCCNC2)cc1OC. The lowest BCUT2D eigenvalue weighted by molar-refractivity contribution is -0.122. The summed E-state index contributed by atoms with van der Waals surface area (Å²) in [6.45, 7) is 4.98. The van der Waals surface area contributed by atoms with E-state index in [-0.39, 0.29) is 5.91 Å². The van der Waals surface area contributed by atoms with E-state index in [4.69, 9.17) is 9.47 Å². The third-order valence-corrected chi connectivity index (χ3v) is 4.83. The number of hydrogen-bond acceptors (Lipinski definition) is 4. The molecule has 1 fully saturated rings. The van der Waals surface area contributed by atoms with Crippen molar-refractivity contribution in [2.45, 2.75) is 32.6 Å². The summed E-state index contributed by atoms with van der Waals surface area (Å²) < 4.78 is 10.5. The Morgan fingerprint density at radius 2 is 2.12 bits per heavy atom. The minimum Gasteiger partial charge on any atom is -0.493 e. The van der Waals surface area contributed by atoms with Crippen LogP contribution < -0.4 is 20.1 Å². The molecule has 24 heavy (non-hydrogen) atoms. The highest BCUT2D eigenvalue weighted by Gasteiger charge is 2.21. The van der Waals surface area contributed by atoms with Crippen LogP contribution in [0.5, 0.6) is 11.5 Å². The van der Waals surface area contributed by atoms with Crippen molar-refractivity contribution in [1.82, 2.24) is 10.6 Å². The van der Waals surface area contributed by atoms with Crippen LogP contribution in [0, 0.1) is 11.8 Å². The van der Waals surface area contributed by atoms with Crippen LogP contribution in [0.1, 0.15) is 31.7 Å². The number of hydrogen-bond donors (Lipinski definition) is 2. The molecule has 134 valence electrons. The van der Waals surface area contributed by atoms with Crippen molar-refractivity contribution in [1.29, 1.82) is 0 Å². The molecule has 0 radical (unpaired) electrons. The standard InChI is InChI=1S/C19H30N2O3/c1-14(16-5-4-9-20-13-16)11-19(22)21-10-8-15-6-7-17(23-2)18(12-15)24-3/h6-7,12,14,16,20H,4-5,8-11,13H2,1-3H3,(H,21,22). The van der Waals surface area contributed by atoms with Gasteiger partial charge in [-0.2, -0.15) is 0 Å². The van der Waals surface area contributed by atoms with E-state index in [1.807, 2.05) is 18.2 Å². The largest absolute Gasteiger partial charge is 0.493 e. The molecule has 0 aliphatic carbocycles. The first-order valence-electron chi connectivity index (χ1n) is 8.82. The van der Waals surface area contributed by atoms with Crippen LogP contribution in [0.2, 0.25) is 0 Å². The second-order valence-corrected chi connectivity index (χ2v) is 6.58. The van der Waals surface area contributed by atoms with Crippen molar-refractivity contribution in [2.75, 3.05) is 33.9 Å². The normalized spacial score (nSPS) is 18.7. The van der Waals surface area contributed by atoms with Crippen LogP contribution in [0.3, 0.4) is 0 Å². The quantitative estimate of drug-likeness (QED) is 0.766. The van der Waals surface area contributed by atoms with Gasteiger partial charge in [0, 0.05) is 13.0 Å². The lowest BCUT2D eigenvalue weighted by atomic mass is 9.85. The lowest BCUT2D eigenvalue weighted by Gasteiger charge is -2.28. The first-order valence-corrected chi connectivity index (χ1v) is 8.82. The maximum absolute atomic E-state index is 12.1. The molecule has 1 saturated heterocycles. The number of benzene rings is 1. The second-order valence-electron chi connectivity index (χ2n) is 6.58. The average Bonchev–Trinajstić information content (AvgIpc) is 2.62. The van der Waals surface area contributed by atoms with Crippen molar-refractivity contribution in [3.63, 3.8) is 0 Å². The fraction of sp³-hybridized carbons (Fsp3) is 0.632. The van der Waals surface area contributed by atoms with Crippen molar-refractivity contribution >= 4 is 5.91 Å². The molecule has 1 heterocycles. The third-order valence-electron chi connectivity index (χ3n) is 4.83. The molecule has 1 amide bonds. The number of piperidine rings is 1. The van der Waals surface area contributed by atoms with E-state index < -0.39 is 0 Å². The Kier molecular flexibility index (Phi) is 7.37. The fourth-order valence-electron chi connectivity index (χ4n) is 3.28. The average molecular weight is 334 g/mol. The number of ether oxygens (including phenoxy) is 2. The number of carbonyl (C=O) groups excluding carboxylic acids is 1.